The maximum Gasteiger partial charge on any atom is 0.430 e. The zero-order valence-electron chi connectivity index (χ0n) is 9.24. The molecule has 0 aliphatic carbocycles. The third kappa shape index (κ3) is 25.0. The summed E-state index contributed by atoms with van der Waals surface area (Å²) in [5.74, 6) is -0.752. The minimum absolute atomic E-state index is 0.281. The van der Waals surface area contributed by atoms with E-state index in [0.717, 1.165) is 18.0 Å². The molecule has 0 aromatic carbocycles. The summed E-state index contributed by atoms with van der Waals surface area (Å²) in [4.78, 5) is 9.90. The average molecular weight is 281 g/mol. The molecule has 0 bridgehead atoms. The summed E-state index contributed by atoms with van der Waals surface area (Å²) in [6.07, 6.45) is -3.63. The number of likely N-dealkylation sites (N-methyl/N-ethyl adjacent to an activating group) is 1. The Morgan fingerprint density at radius 2 is 1.80 bits per heavy atom. The molecule has 0 atom stereocenters. The zero-order valence-corrected chi connectivity index (χ0v) is 11.6. The topological polar surface area (TPSA) is 63.6 Å². The van der Waals surface area contributed by atoms with Crippen LogP contribution in [0.25, 0.3) is 0 Å². The Balaban J connectivity index is 0. The molecule has 0 unspecified atom stereocenters. The number of halogens is 2. The van der Waals surface area contributed by atoms with E-state index in [1.807, 2.05) is 0 Å². The fourth-order valence-corrected chi connectivity index (χ4v) is 1.33. The molecular weight excluding hydrogens is 264 g/mol. The summed E-state index contributed by atoms with van der Waals surface area (Å²) in [7, 11) is 6.16. The first-order valence-electron chi connectivity index (χ1n) is 4.09. The van der Waals surface area contributed by atoms with Crippen molar-refractivity contribution in [1.29, 1.82) is 0 Å². The molecule has 92 valence electrons. The maximum atomic E-state index is 10.1. The van der Waals surface area contributed by atoms with E-state index < -0.39 is 12.0 Å². The molecule has 15 heavy (non-hydrogen) atoms. The number of aliphatic hydroxyl groups excluding tert-OH is 1. The van der Waals surface area contributed by atoms with E-state index >= 15 is 0 Å². The smallest absolute Gasteiger partial charge is 0.391 e. The number of hydrogen-bond acceptors (Lipinski definition) is 4. The predicted molar refractivity (Wildman–Crippen MR) is 61.1 cm³/mol. The molecule has 0 amide bonds. The van der Waals surface area contributed by atoms with Crippen molar-refractivity contribution in [3.63, 3.8) is 0 Å². The van der Waals surface area contributed by atoms with Gasteiger partial charge in [-0.2, -0.15) is 0 Å². The summed E-state index contributed by atoms with van der Waals surface area (Å²) >= 11 is 9.61. The highest BCUT2D eigenvalue weighted by Gasteiger charge is 2.16. The molecule has 5 nitrogen and oxygen atoms in total. The lowest BCUT2D eigenvalue weighted by molar-refractivity contribution is -0.870. The molecule has 0 fully saturated rings. The highest BCUT2D eigenvalue weighted by molar-refractivity contribution is 8.05. The predicted octanol–water partition coefficient (Wildman–Crippen LogP) is 1.82. The van der Waals surface area contributed by atoms with Crippen LogP contribution in [0.4, 0.5) is 0 Å². The molecular formula is C7H17Cl2NO4P+. The van der Waals surface area contributed by atoms with E-state index in [2.05, 4.69) is 25.7 Å². The van der Waals surface area contributed by atoms with Crippen molar-refractivity contribution in [2.75, 3.05) is 34.3 Å². The monoisotopic (exact) mass is 280 g/mol. The van der Waals surface area contributed by atoms with Gasteiger partial charge < -0.3 is 14.1 Å². The summed E-state index contributed by atoms with van der Waals surface area (Å²) in [6.45, 7) is 2.18. The van der Waals surface area contributed by atoms with E-state index in [9.17, 15) is 9.36 Å². The second-order valence-electron chi connectivity index (χ2n) is 3.73. The Morgan fingerprint density at radius 1 is 1.40 bits per heavy atom. The van der Waals surface area contributed by atoms with Gasteiger partial charge in [-0.25, -0.2) is 4.57 Å². The fourth-order valence-electron chi connectivity index (χ4n) is 0.450. The van der Waals surface area contributed by atoms with Gasteiger partial charge in [0.1, 0.15) is 6.54 Å². The van der Waals surface area contributed by atoms with Crippen molar-refractivity contribution in [2.24, 2.45) is 0 Å². The number of hydrogen-bond donors (Lipinski definition) is 1. The lowest BCUT2D eigenvalue weighted by atomic mass is 10.5. The third-order valence-corrected chi connectivity index (χ3v) is 1.89. The fraction of sp³-hybridized carbons (Fsp3) is 0.857. The van der Waals surface area contributed by atoms with Gasteiger partial charge in [0.25, 0.3) is 0 Å². The second-order valence-corrected chi connectivity index (χ2v) is 7.94. The lowest BCUT2D eigenvalue weighted by Crippen LogP contribution is -2.36. The Labute approximate surface area is 99.5 Å². The summed E-state index contributed by atoms with van der Waals surface area (Å²) in [6, 6.07) is 0. The quantitative estimate of drug-likeness (QED) is 0.633. The Hall–Kier alpha value is 0.200. The van der Waals surface area contributed by atoms with Gasteiger partial charge in [0.05, 0.1) is 27.7 Å². The number of carbonyl (C=O) groups is 1. The Kier molecular flexibility index (Phi) is 8.76. The van der Waals surface area contributed by atoms with Crippen molar-refractivity contribution in [3.8, 4) is 0 Å². The number of rotatable bonds is 3. The van der Waals surface area contributed by atoms with Crippen LogP contribution >= 0.6 is 28.6 Å². The van der Waals surface area contributed by atoms with Crippen LogP contribution in [0, 0.1) is 0 Å². The largest absolute Gasteiger partial charge is 0.430 e. The summed E-state index contributed by atoms with van der Waals surface area (Å²) in [5.41, 5.74) is 0. The van der Waals surface area contributed by atoms with Crippen molar-refractivity contribution in [1.82, 2.24) is 0 Å². The molecule has 0 aromatic rings. The molecule has 0 spiro atoms. The molecule has 0 radical (unpaired) electrons. The van der Waals surface area contributed by atoms with Crippen molar-refractivity contribution in [2.45, 2.75) is 6.92 Å². The SMILES string of the molecule is CC(=O)OP(=O)(Cl)Cl.C[N+](C)(C)CCO. The van der Waals surface area contributed by atoms with Gasteiger partial charge in [0, 0.05) is 29.4 Å². The van der Waals surface area contributed by atoms with Crippen LogP contribution in [0.15, 0.2) is 0 Å². The minimum Gasteiger partial charge on any atom is -0.391 e. The molecule has 0 saturated carbocycles. The van der Waals surface area contributed by atoms with E-state index in [1.54, 1.807) is 0 Å². The van der Waals surface area contributed by atoms with Crippen LogP contribution in [-0.2, 0) is 13.9 Å². The molecule has 1 N–H and O–H groups in total. The first kappa shape index (κ1) is 17.6. The molecule has 0 aromatic heterocycles. The van der Waals surface area contributed by atoms with E-state index in [4.69, 9.17) is 27.6 Å². The normalized spacial score (nSPS) is 11.4. The third-order valence-electron chi connectivity index (χ3n) is 1.01. The summed E-state index contributed by atoms with van der Waals surface area (Å²) in [5, 5.41) is 8.39. The number of aliphatic hydroxyl groups is 1. The first-order valence-corrected chi connectivity index (χ1v) is 7.52. The van der Waals surface area contributed by atoms with Crippen molar-refractivity contribution < 1.29 is 23.5 Å². The molecule has 0 saturated heterocycles. The van der Waals surface area contributed by atoms with Crippen LogP contribution in [0.2, 0.25) is 0 Å². The van der Waals surface area contributed by atoms with Crippen LogP contribution in [0.5, 0.6) is 0 Å². The number of carbonyl (C=O) groups excluding carboxylic acids is 1. The van der Waals surface area contributed by atoms with Gasteiger partial charge in [0.2, 0.25) is 0 Å². The van der Waals surface area contributed by atoms with Gasteiger partial charge in [-0.05, 0) is 0 Å². The number of quaternary nitrogens is 1. The van der Waals surface area contributed by atoms with Gasteiger partial charge in [-0.3, -0.25) is 4.79 Å². The lowest BCUT2D eigenvalue weighted by Gasteiger charge is -2.21. The zero-order chi connectivity index (χ0) is 12.7. The molecule has 0 aliphatic rings. The highest BCUT2D eigenvalue weighted by atomic mass is 35.9. The molecule has 0 rings (SSSR count). The second kappa shape index (κ2) is 7.47. The standard InChI is InChI=1S/C5H14NO.C2H3Cl2O3P/c1-6(2,3)4-5-7;1-2(5)7-8(3,4)6/h7H,4-5H2,1-3H3;1H3/q+1;. The van der Waals surface area contributed by atoms with E-state index in [1.165, 1.54) is 0 Å². The van der Waals surface area contributed by atoms with E-state index in [0.29, 0.717) is 0 Å². The number of nitrogens with zero attached hydrogens (tertiary/aromatic N) is 1. The Morgan fingerprint density at radius 3 is 1.80 bits per heavy atom. The summed E-state index contributed by atoms with van der Waals surface area (Å²) < 4.78 is 14.8. The van der Waals surface area contributed by atoms with Gasteiger partial charge in [-0.15, -0.1) is 0 Å². The molecule has 8 heteroatoms. The van der Waals surface area contributed by atoms with Crippen LogP contribution in [0.1, 0.15) is 6.92 Å². The average Bonchev–Trinajstić information content (AvgIpc) is 1.77. The molecule has 0 aliphatic heterocycles. The first-order chi connectivity index (χ1) is 6.48. The van der Waals surface area contributed by atoms with Crippen LogP contribution < -0.4 is 0 Å². The van der Waals surface area contributed by atoms with Crippen LogP contribution in [-0.4, -0.2) is 49.9 Å². The van der Waals surface area contributed by atoms with Crippen molar-refractivity contribution >= 4 is 34.5 Å². The van der Waals surface area contributed by atoms with Gasteiger partial charge in [0.15, 0.2) is 0 Å². The minimum atomic E-state index is -3.63. The van der Waals surface area contributed by atoms with Gasteiger partial charge in [-0.1, -0.05) is 0 Å². The van der Waals surface area contributed by atoms with Crippen LogP contribution in [0.3, 0.4) is 0 Å². The Bertz CT molecular complexity index is 236. The van der Waals surface area contributed by atoms with Crippen molar-refractivity contribution in [3.05, 3.63) is 0 Å². The van der Waals surface area contributed by atoms with E-state index in [-0.39, 0.29) is 6.61 Å². The molecule has 0 heterocycles. The highest BCUT2D eigenvalue weighted by Crippen LogP contribution is 2.57. The van der Waals surface area contributed by atoms with Gasteiger partial charge >= 0.3 is 12.0 Å². The maximum absolute atomic E-state index is 10.1.